The molecule has 0 fully saturated rings. The van der Waals surface area contributed by atoms with Crippen LogP contribution in [0.2, 0.25) is 0 Å². The smallest absolute Gasteiger partial charge is 0.216 e. The first-order valence-corrected chi connectivity index (χ1v) is 8.30. The topological polar surface area (TPSA) is 66.4 Å². The van der Waals surface area contributed by atoms with Gasteiger partial charge in [-0.25, -0.2) is 0 Å². The number of carbonyl (C=O) groups excluding carboxylic acids is 2. The minimum atomic E-state index is -0.775. The van der Waals surface area contributed by atoms with Crippen molar-refractivity contribution in [3.63, 3.8) is 0 Å². The van der Waals surface area contributed by atoms with Crippen LogP contribution in [0.15, 0.2) is 48.1 Å². The Labute approximate surface area is 148 Å². The molecule has 0 bridgehead atoms. The van der Waals surface area contributed by atoms with Crippen molar-refractivity contribution in [2.75, 3.05) is 6.54 Å². The van der Waals surface area contributed by atoms with Crippen molar-refractivity contribution in [1.29, 1.82) is 0 Å². The third-order valence-corrected chi connectivity index (χ3v) is 3.79. The molecule has 0 spiro atoms. The molecule has 0 aliphatic carbocycles. The van der Waals surface area contributed by atoms with Crippen LogP contribution in [-0.2, 0) is 9.59 Å². The van der Waals surface area contributed by atoms with Crippen LogP contribution in [0.3, 0.4) is 0 Å². The first-order chi connectivity index (χ1) is 11.5. The van der Waals surface area contributed by atoms with Crippen molar-refractivity contribution < 1.29 is 14.7 Å². The Balaban J connectivity index is 2.80. The maximum absolute atomic E-state index is 12.6. The van der Waals surface area contributed by atoms with E-state index in [4.69, 9.17) is 12.2 Å². The van der Waals surface area contributed by atoms with E-state index in [0.29, 0.717) is 18.5 Å². The number of thiocarbonyl (C=S) groups is 1. The van der Waals surface area contributed by atoms with Gasteiger partial charge < -0.3 is 10.4 Å². The van der Waals surface area contributed by atoms with Crippen molar-refractivity contribution in [2.24, 2.45) is 5.92 Å². The van der Waals surface area contributed by atoms with Crippen LogP contribution in [0.25, 0.3) is 6.08 Å². The summed E-state index contributed by atoms with van der Waals surface area (Å²) in [5.41, 5.74) is 1.63. The number of Topliss-reactive ketones (excluding diaryl/α,β-unsaturated/α-hetero) is 1. The summed E-state index contributed by atoms with van der Waals surface area (Å²) in [6, 6.07) is 9.76. The zero-order chi connectivity index (χ0) is 17.9. The summed E-state index contributed by atoms with van der Waals surface area (Å²) in [6.45, 7) is 3.58. The molecule has 1 aromatic carbocycles. The molecule has 0 radical (unpaired) electrons. The third-order valence-electron chi connectivity index (χ3n) is 3.50. The predicted molar refractivity (Wildman–Crippen MR) is 101 cm³/mol. The Bertz CT molecular complexity index is 635. The van der Waals surface area contributed by atoms with Gasteiger partial charge in [0, 0.05) is 13.5 Å². The number of benzene rings is 1. The molecule has 24 heavy (non-hydrogen) atoms. The lowest BCUT2D eigenvalue weighted by atomic mass is 9.93. The highest BCUT2D eigenvalue weighted by molar-refractivity contribution is 7.80. The Hall–Kier alpha value is -2.27. The number of hydrogen-bond acceptors (Lipinski definition) is 3. The molecule has 4 nitrogen and oxygen atoms in total. The number of hydrogen-bond donors (Lipinski definition) is 2. The van der Waals surface area contributed by atoms with Gasteiger partial charge in [-0.2, -0.15) is 0 Å². The summed E-state index contributed by atoms with van der Waals surface area (Å²) in [6.07, 6.45) is 6.30. The van der Waals surface area contributed by atoms with E-state index in [2.05, 4.69) is 5.32 Å². The highest BCUT2D eigenvalue weighted by Gasteiger charge is 2.24. The highest BCUT2D eigenvalue weighted by Crippen LogP contribution is 2.16. The molecule has 1 unspecified atom stereocenters. The highest BCUT2D eigenvalue weighted by atomic mass is 32.1. The average Bonchev–Trinajstić information content (AvgIpc) is 2.55. The largest absolute Gasteiger partial charge is 0.501 e. The lowest BCUT2D eigenvalue weighted by Gasteiger charge is -2.14. The molecule has 0 saturated carbocycles. The van der Waals surface area contributed by atoms with Gasteiger partial charge in [0.25, 0.3) is 0 Å². The maximum Gasteiger partial charge on any atom is 0.216 e. The van der Waals surface area contributed by atoms with Gasteiger partial charge in [0.05, 0.1) is 5.92 Å². The quantitative estimate of drug-likeness (QED) is 0.407. The number of carbonyl (C=O) groups is 2. The Morgan fingerprint density at radius 1 is 1.29 bits per heavy atom. The number of aliphatic hydroxyl groups excluding tert-OH is 1. The lowest BCUT2D eigenvalue weighted by molar-refractivity contribution is -0.120. The monoisotopic (exact) mass is 345 g/mol. The van der Waals surface area contributed by atoms with E-state index in [9.17, 15) is 14.7 Å². The summed E-state index contributed by atoms with van der Waals surface area (Å²) < 4.78 is 0. The Kier molecular flexibility index (Phi) is 8.65. The van der Waals surface area contributed by atoms with Crippen molar-refractivity contribution in [1.82, 2.24) is 5.32 Å². The maximum atomic E-state index is 12.6. The molecule has 0 aliphatic heterocycles. The van der Waals surface area contributed by atoms with E-state index >= 15 is 0 Å². The molecule has 128 valence electrons. The van der Waals surface area contributed by atoms with Crippen LogP contribution in [0.1, 0.15) is 32.3 Å². The molecule has 0 heterocycles. The molecule has 0 aromatic heterocycles. The van der Waals surface area contributed by atoms with Crippen molar-refractivity contribution >= 4 is 35.0 Å². The predicted octanol–water partition coefficient (Wildman–Crippen LogP) is 3.63. The standard InChI is InChI=1S/C19H23NO3S/c1-3-16(11-7-10-15-8-5-4-6-9-15)18(22)17(19(23)24)12-13-20-14(2)21/h4-11,17H,3,12-13H2,1-2H3,(H,20,21)(H,23,24)/b10-7+,16-11+. The molecule has 1 rings (SSSR count). The Morgan fingerprint density at radius 3 is 2.50 bits per heavy atom. The second-order valence-corrected chi connectivity index (χ2v) is 5.76. The molecular weight excluding hydrogens is 322 g/mol. The van der Waals surface area contributed by atoms with Crippen LogP contribution < -0.4 is 5.32 Å². The fraction of sp³-hybridized carbons (Fsp3) is 0.316. The lowest BCUT2D eigenvalue weighted by Crippen LogP contribution is -2.30. The van der Waals surface area contributed by atoms with Gasteiger partial charge >= 0.3 is 0 Å². The van der Waals surface area contributed by atoms with Crippen LogP contribution in [0.5, 0.6) is 0 Å². The third kappa shape index (κ3) is 6.87. The van der Waals surface area contributed by atoms with Gasteiger partial charge in [0.15, 0.2) is 10.8 Å². The summed E-state index contributed by atoms with van der Waals surface area (Å²) >= 11 is 4.81. The summed E-state index contributed by atoms with van der Waals surface area (Å²) in [4.78, 5) is 23.5. The number of nitrogens with one attached hydrogen (secondary N) is 1. The first-order valence-electron chi connectivity index (χ1n) is 7.89. The van der Waals surface area contributed by atoms with E-state index in [1.165, 1.54) is 6.92 Å². The van der Waals surface area contributed by atoms with Crippen LogP contribution in [0.4, 0.5) is 0 Å². The van der Waals surface area contributed by atoms with E-state index in [-0.39, 0.29) is 23.2 Å². The number of amides is 1. The van der Waals surface area contributed by atoms with Crippen molar-refractivity contribution in [2.45, 2.75) is 26.7 Å². The first kappa shape index (κ1) is 19.8. The molecule has 1 aromatic rings. The number of allylic oxidation sites excluding steroid dienone is 3. The van der Waals surface area contributed by atoms with Gasteiger partial charge in [-0.05, 0) is 36.2 Å². The number of aliphatic hydroxyl groups is 1. The summed E-state index contributed by atoms with van der Waals surface area (Å²) in [5.74, 6) is -1.15. The van der Waals surface area contributed by atoms with Gasteiger partial charge in [-0.15, -0.1) is 0 Å². The zero-order valence-corrected chi connectivity index (χ0v) is 14.8. The fourth-order valence-electron chi connectivity index (χ4n) is 2.20. The zero-order valence-electron chi connectivity index (χ0n) is 14.0. The van der Waals surface area contributed by atoms with Gasteiger partial charge in [0.1, 0.15) is 0 Å². The van der Waals surface area contributed by atoms with Crippen molar-refractivity contribution in [3.05, 3.63) is 53.6 Å². The second kappa shape index (κ2) is 10.5. The average molecular weight is 345 g/mol. The summed E-state index contributed by atoms with van der Waals surface area (Å²) in [7, 11) is 0. The van der Waals surface area contributed by atoms with Gasteiger partial charge in [-0.1, -0.05) is 55.5 Å². The van der Waals surface area contributed by atoms with Gasteiger partial charge in [-0.3, -0.25) is 9.59 Å². The second-order valence-electron chi connectivity index (χ2n) is 5.34. The minimum absolute atomic E-state index is 0.179. The molecule has 0 saturated heterocycles. The molecule has 0 aliphatic rings. The number of ketones is 1. The van der Waals surface area contributed by atoms with Crippen molar-refractivity contribution in [3.8, 4) is 0 Å². The molecular formula is C19H23NO3S. The van der Waals surface area contributed by atoms with Crippen LogP contribution >= 0.6 is 12.2 Å². The molecule has 2 N–H and O–H groups in total. The van der Waals surface area contributed by atoms with E-state index in [1.807, 2.05) is 49.4 Å². The van der Waals surface area contributed by atoms with Gasteiger partial charge in [0.2, 0.25) is 5.91 Å². The van der Waals surface area contributed by atoms with Crippen LogP contribution in [0, 0.1) is 5.92 Å². The molecule has 1 atom stereocenters. The van der Waals surface area contributed by atoms with E-state index < -0.39 is 5.92 Å². The number of rotatable bonds is 9. The molecule has 5 heteroatoms. The summed E-state index contributed by atoms with van der Waals surface area (Å²) in [5, 5.41) is 11.9. The Morgan fingerprint density at radius 2 is 1.96 bits per heavy atom. The van der Waals surface area contributed by atoms with E-state index in [0.717, 1.165) is 5.56 Å². The van der Waals surface area contributed by atoms with Crippen LogP contribution in [-0.4, -0.2) is 28.4 Å². The molecule has 1 amide bonds. The fourth-order valence-corrected chi connectivity index (χ4v) is 2.42. The van der Waals surface area contributed by atoms with E-state index in [1.54, 1.807) is 6.08 Å². The minimum Gasteiger partial charge on any atom is -0.501 e. The normalized spacial score (nSPS) is 12.8. The SMILES string of the molecule is CC/C(=C\C=C\c1ccccc1)C(=O)C(CCNC(C)=O)C(O)=S.